The van der Waals surface area contributed by atoms with E-state index in [2.05, 4.69) is 4.98 Å². The Hall–Kier alpha value is -1.57. The molecule has 8 heteroatoms. The minimum Gasteiger partial charge on any atom is -0.481 e. The molecule has 0 saturated carbocycles. The van der Waals surface area contributed by atoms with Crippen LogP contribution in [0, 0.1) is 5.41 Å². The number of hydrogen-bond acceptors (Lipinski definition) is 3. The van der Waals surface area contributed by atoms with Crippen LogP contribution >= 0.6 is 0 Å². The summed E-state index contributed by atoms with van der Waals surface area (Å²) in [6.07, 6.45) is -0.242. The molecule has 1 fully saturated rings. The van der Waals surface area contributed by atoms with E-state index >= 15 is 0 Å². The average Bonchev–Trinajstić information content (AvgIpc) is 2.95. The second-order valence-electron chi connectivity index (χ2n) is 4.71. The molecule has 2 heterocycles. The van der Waals surface area contributed by atoms with Gasteiger partial charge in [-0.1, -0.05) is 0 Å². The molecule has 0 aromatic carbocycles. The Balaban J connectivity index is 1.99. The van der Waals surface area contributed by atoms with E-state index < -0.39 is 30.5 Å². The molecule has 1 aliphatic rings. The van der Waals surface area contributed by atoms with E-state index in [9.17, 15) is 18.0 Å². The molecule has 5 nitrogen and oxygen atoms in total. The van der Waals surface area contributed by atoms with Crippen molar-refractivity contribution in [3.05, 3.63) is 18.7 Å². The summed E-state index contributed by atoms with van der Waals surface area (Å²) in [6.45, 7) is 0.524. The zero-order chi connectivity index (χ0) is 14.1. The first-order valence-electron chi connectivity index (χ1n) is 5.83. The lowest BCUT2D eigenvalue weighted by Crippen LogP contribution is -2.47. The minimum atomic E-state index is -4.72. The first-order valence-corrected chi connectivity index (χ1v) is 5.83. The maximum Gasteiger partial charge on any atom is 0.406 e. The lowest BCUT2D eigenvalue weighted by Gasteiger charge is -2.27. The fraction of sp³-hybridized carbons (Fsp3) is 0.636. The van der Waals surface area contributed by atoms with Crippen LogP contribution in [0.2, 0.25) is 0 Å². The molecule has 0 spiro atoms. The molecule has 19 heavy (non-hydrogen) atoms. The van der Waals surface area contributed by atoms with Gasteiger partial charge in [0.1, 0.15) is 0 Å². The summed E-state index contributed by atoms with van der Waals surface area (Å²) in [5, 5.41) is 8.91. The lowest BCUT2D eigenvalue weighted by molar-refractivity contribution is -0.227. The monoisotopic (exact) mass is 277 g/mol. The van der Waals surface area contributed by atoms with E-state index in [1.54, 1.807) is 23.3 Å². The van der Waals surface area contributed by atoms with Crippen molar-refractivity contribution in [3.8, 4) is 0 Å². The van der Waals surface area contributed by atoms with Crippen molar-refractivity contribution < 1.29 is 23.1 Å². The van der Waals surface area contributed by atoms with E-state index in [0.29, 0.717) is 13.1 Å². The quantitative estimate of drug-likeness (QED) is 0.899. The average molecular weight is 277 g/mol. The van der Waals surface area contributed by atoms with Gasteiger partial charge in [-0.25, -0.2) is 4.98 Å². The molecule has 1 aromatic heterocycles. The predicted molar refractivity (Wildman–Crippen MR) is 59.4 cm³/mol. The van der Waals surface area contributed by atoms with Gasteiger partial charge >= 0.3 is 12.1 Å². The van der Waals surface area contributed by atoms with E-state index in [-0.39, 0.29) is 6.54 Å². The first kappa shape index (κ1) is 13.9. The molecule has 1 N–H and O–H groups in total. The Morgan fingerprint density at radius 2 is 2.16 bits per heavy atom. The van der Waals surface area contributed by atoms with Crippen molar-refractivity contribution in [1.82, 2.24) is 14.5 Å². The second-order valence-corrected chi connectivity index (χ2v) is 4.71. The van der Waals surface area contributed by atoms with Crippen LogP contribution in [0.3, 0.4) is 0 Å². The van der Waals surface area contributed by atoms with E-state index in [0.717, 1.165) is 0 Å². The fourth-order valence-electron chi connectivity index (χ4n) is 2.28. The largest absolute Gasteiger partial charge is 0.481 e. The third kappa shape index (κ3) is 2.58. The zero-order valence-corrected chi connectivity index (χ0v) is 10.1. The van der Waals surface area contributed by atoms with Gasteiger partial charge in [-0.2, -0.15) is 13.2 Å². The zero-order valence-electron chi connectivity index (χ0n) is 10.1. The van der Waals surface area contributed by atoms with Gasteiger partial charge in [0.2, 0.25) is 0 Å². The number of halogens is 3. The van der Waals surface area contributed by atoms with Gasteiger partial charge < -0.3 is 14.6 Å². The summed E-state index contributed by atoms with van der Waals surface area (Å²) in [5.41, 5.74) is -2.62. The Bertz CT molecular complexity index is 447. The molecule has 0 radical (unpaired) electrons. The second kappa shape index (κ2) is 4.84. The van der Waals surface area contributed by atoms with Gasteiger partial charge in [0, 0.05) is 32.0 Å². The van der Waals surface area contributed by atoms with Crippen molar-refractivity contribution in [2.75, 3.05) is 19.6 Å². The fourth-order valence-corrected chi connectivity index (χ4v) is 2.28. The number of imidazole rings is 1. The molecule has 0 bridgehead atoms. The number of alkyl halides is 3. The molecular formula is C11H14F3N3O2. The molecular weight excluding hydrogens is 263 g/mol. The maximum absolute atomic E-state index is 12.9. The molecule has 106 valence electrons. The van der Waals surface area contributed by atoms with Gasteiger partial charge in [-0.05, 0) is 13.0 Å². The Kier molecular flexibility index (Phi) is 3.53. The highest BCUT2D eigenvalue weighted by molar-refractivity contribution is 5.76. The number of aliphatic carboxylic acids is 1. The summed E-state index contributed by atoms with van der Waals surface area (Å²) in [5.74, 6) is -1.79. The summed E-state index contributed by atoms with van der Waals surface area (Å²) in [6, 6.07) is 0. The predicted octanol–water partition coefficient (Wildman–Crippen LogP) is 1.22. The van der Waals surface area contributed by atoms with E-state index in [1.807, 2.05) is 0 Å². The van der Waals surface area contributed by atoms with Crippen molar-refractivity contribution in [2.45, 2.75) is 19.1 Å². The molecule has 1 aliphatic heterocycles. The SMILES string of the molecule is O=C(O)C1(C(F)(F)F)CCN(CCn2ccnc2)C1. The van der Waals surface area contributed by atoms with Crippen LogP contribution in [0.1, 0.15) is 6.42 Å². The highest BCUT2D eigenvalue weighted by atomic mass is 19.4. The first-order chi connectivity index (χ1) is 8.85. The summed E-state index contributed by atoms with van der Waals surface area (Å²) in [4.78, 5) is 16.4. The Labute approximate surface area is 107 Å². The number of rotatable bonds is 4. The number of carboxylic acids is 1. The summed E-state index contributed by atoms with van der Waals surface area (Å²) < 4.78 is 40.5. The number of aromatic nitrogens is 2. The maximum atomic E-state index is 12.9. The van der Waals surface area contributed by atoms with Gasteiger partial charge in [0.15, 0.2) is 5.41 Å². The van der Waals surface area contributed by atoms with Crippen LogP contribution in [-0.2, 0) is 11.3 Å². The van der Waals surface area contributed by atoms with Gasteiger partial charge in [-0.15, -0.1) is 0 Å². The number of carboxylic acid groups (broad SMARTS) is 1. The molecule has 1 saturated heterocycles. The van der Waals surface area contributed by atoms with Crippen LogP contribution in [0.5, 0.6) is 0 Å². The van der Waals surface area contributed by atoms with Crippen LogP contribution in [-0.4, -0.2) is 51.3 Å². The Morgan fingerprint density at radius 1 is 1.42 bits per heavy atom. The smallest absolute Gasteiger partial charge is 0.406 e. The highest BCUT2D eigenvalue weighted by Gasteiger charge is 2.63. The number of hydrogen-bond donors (Lipinski definition) is 1. The minimum absolute atomic E-state index is 0.139. The Morgan fingerprint density at radius 3 is 2.63 bits per heavy atom. The topological polar surface area (TPSA) is 58.4 Å². The highest BCUT2D eigenvalue weighted by Crippen LogP contribution is 2.45. The normalized spacial score (nSPS) is 24.8. The summed E-state index contributed by atoms with van der Waals surface area (Å²) in [7, 11) is 0. The van der Waals surface area contributed by atoms with Crippen LogP contribution in [0.15, 0.2) is 18.7 Å². The molecule has 2 rings (SSSR count). The molecule has 1 unspecified atom stereocenters. The van der Waals surface area contributed by atoms with Crippen molar-refractivity contribution >= 4 is 5.97 Å². The number of nitrogens with zero attached hydrogens (tertiary/aromatic N) is 3. The van der Waals surface area contributed by atoms with Crippen molar-refractivity contribution in [1.29, 1.82) is 0 Å². The van der Waals surface area contributed by atoms with E-state index in [4.69, 9.17) is 5.11 Å². The van der Waals surface area contributed by atoms with Crippen LogP contribution < -0.4 is 0 Å². The standard InChI is InChI=1S/C11H14F3N3O2/c12-11(13,14)10(9(18)19)1-3-16(7-10)5-6-17-4-2-15-8-17/h2,4,8H,1,3,5-7H2,(H,18,19). The number of likely N-dealkylation sites (tertiary alicyclic amines) is 1. The third-order valence-corrected chi connectivity index (χ3v) is 3.53. The van der Waals surface area contributed by atoms with Gasteiger partial charge in [0.05, 0.1) is 6.33 Å². The molecule has 1 aromatic rings. The van der Waals surface area contributed by atoms with Crippen LogP contribution in [0.25, 0.3) is 0 Å². The van der Waals surface area contributed by atoms with Crippen LogP contribution in [0.4, 0.5) is 13.2 Å². The molecule has 0 amide bonds. The number of carbonyl (C=O) groups is 1. The van der Waals surface area contributed by atoms with Crippen molar-refractivity contribution in [2.24, 2.45) is 5.41 Å². The van der Waals surface area contributed by atoms with E-state index in [1.165, 1.54) is 4.90 Å². The van der Waals surface area contributed by atoms with Gasteiger partial charge in [-0.3, -0.25) is 4.79 Å². The summed E-state index contributed by atoms with van der Waals surface area (Å²) >= 11 is 0. The molecule has 0 aliphatic carbocycles. The third-order valence-electron chi connectivity index (χ3n) is 3.53. The van der Waals surface area contributed by atoms with Crippen molar-refractivity contribution in [3.63, 3.8) is 0 Å². The lowest BCUT2D eigenvalue weighted by atomic mass is 9.86. The van der Waals surface area contributed by atoms with Gasteiger partial charge in [0.25, 0.3) is 0 Å². The molecule has 1 atom stereocenters.